The number of aliphatic hydroxyl groups is 1. The van der Waals surface area contributed by atoms with E-state index in [1.807, 2.05) is 19.1 Å². The molecular formula is C22H25F3INO3. The summed E-state index contributed by atoms with van der Waals surface area (Å²) >= 11 is 2.08. The molecule has 2 aromatic rings. The molecule has 2 aromatic carbocycles. The monoisotopic (exact) mass is 535 g/mol. The Morgan fingerprint density at radius 1 is 1.20 bits per heavy atom. The third-order valence-electron chi connectivity index (χ3n) is 5.04. The molecule has 2 rings (SSSR count). The average Bonchev–Trinajstić information content (AvgIpc) is 2.67. The van der Waals surface area contributed by atoms with Crippen LogP contribution in [0, 0.1) is 10.5 Å². The first kappa shape index (κ1) is 24.5. The summed E-state index contributed by atoms with van der Waals surface area (Å²) in [5.41, 5.74) is -2.35. The van der Waals surface area contributed by atoms with Crippen LogP contribution >= 0.6 is 22.6 Å². The molecule has 0 aromatic heterocycles. The van der Waals surface area contributed by atoms with Gasteiger partial charge in [-0.2, -0.15) is 13.2 Å². The number of methoxy groups -OCH3 is 1. The van der Waals surface area contributed by atoms with Gasteiger partial charge in [-0.3, -0.25) is 4.79 Å². The van der Waals surface area contributed by atoms with Gasteiger partial charge in [0, 0.05) is 10.1 Å². The van der Waals surface area contributed by atoms with Crippen molar-refractivity contribution in [2.75, 3.05) is 18.6 Å². The van der Waals surface area contributed by atoms with E-state index < -0.39 is 11.8 Å². The predicted octanol–water partition coefficient (Wildman–Crippen LogP) is 5.82. The number of unbranched alkanes of at least 4 members (excludes halogenated alkanes) is 1. The normalized spacial score (nSPS) is 13.6. The highest BCUT2D eigenvalue weighted by Gasteiger charge is 2.52. The SMILES string of the molecule is CCCCN(C(=O)c1ccccc1I)c1ccc(C(C)(O)C(F)(F)F)c(C)c1OC. The Balaban J connectivity index is 2.63. The van der Waals surface area contributed by atoms with E-state index in [-0.39, 0.29) is 22.8 Å². The zero-order chi connectivity index (χ0) is 22.7. The summed E-state index contributed by atoms with van der Waals surface area (Å²) in [7, 11) is 1.34. The molecule has 0 radical (unpaired) electrons. The Morgan fingerprint density at radius 2 is 1.83 bits per heavy atom. The van der Waals surface area contributed by atoms with Crippen LogP contribution in [0.1, 0.15) is 48.2 Å². The first-order valence-corrected chi connectivity index (χ1v) is 10.6. The van der Waals surface area contributed by atoms with Gasteiger partial charge in [0.15, 0.2) is 5.60 Å². The highest BCUT2D eigenvalue weighted by Crippen LogP contribution is 2.44. The second kappa shape index (κ2) is 9.55. The van der Waals surface area contributed by atoms with Gasteiger partial charge in [-0.05, 0) is 72.2 Å². The van der Waals surface area contributed by atoms with Crippen molar-refractivity contribution in [3.63, 3.8) is 0 Å². The van der Waals surface area contributed by atoms with Gasteiger partial charge in [0.05, 0.1) is 18.4 Å². The van der Waals surface area contributed by atoms with Crippen LogP contribution in [-0.4, -0.2) is 30.8 Å². The standard InChI is InChI=1S/C22H25F3INO3/c1-5-6-13-27(20(28)15-9-7-8-10-17(15)26)18-12-11-16(14(2)19(18)30-4)21(3,29)22(23,24)25/h7-12,29H,5-6,13H2,1-4H3. The lowest BCUT2D eigenvalue weighted by Gasteiger charge is -2.31. The van der Waals surface area contributed by atoms with E-state index in [4.69, 9.17) is 4.74 Å². The fraction of sp³-hybridized carbons (Fsp3) is 0.409. The minimum absolute atomic E-state index is 0.132. The topological polar surface area (TPSA) is 49.8 Å². The van der Waals surface area contributed by atoms with E-state index in [0.717, 1.165) is 9.99 Å². The summed E-state index contributed by atoms with van der Waals surface area (Å²) in [6, 6.07) is 9.74. The van der Waals surface area contributed by atoms with Crippen molar-refractivity contribution >= 4 is 34.2 Å². The molecule has 0 aliphatic heterocycles. The van der Waals surface area contributed by atoms with Crippen molar-refractivity contribution in [2.45, 2.75) is 45.4 Å². The quantitative estimate of drug-likeness (QED) is 0.455. The number of alkyl halides is 3. The van der Waals surface area contributed by atoms with Crippen LogP contribution in [0.2, 0.25) is 0 Å². The molecule has 1 amide bonds. The van der Waals surface area contributed by atoms with Gasteiger partial charge >= 0.3 is 6.18 Å². The maximum Gasteiger partial charge on any atom is 0.421 e. The second-order valence-corrected chi connectivity index (χ2v) is 8.31. The third kappa shape index (κ3) is 4.74. The fourth-order valence-corrected chi connectivity index (χ4v) is 3.87. The lowest BCUT2D eigenvalue weighted by molar-refractivity contribution is -0.259. The van der Waals surface area contributed by atoms with E-state index in [9.17, 15) is 23.1 Å². The molecule has 8 heteroatoms. The molecule has 0 heterocycles. The number of nitrogens with zero attached hydrogens (tertiary/aromatic N) is 1. The van der Waals surface area contributed by atoms with E-state index in [2.05, 4.69) is 22.6 Å². The van der Waals surface area contributed by atoms with Gasteiger partial charge in [0.2, 0.25) is 0 Å². The second-order valence-electron chi connectivity index (χ2n) is 7.15. The van der Waals surface area contributed by atoms with Crippen LogP contribution in [0.15, 0.2) is 36.4 Å². The molecule has 1 atom stereocenters. The van der Waals surface area contributed by atoms with E-state index >= 15 is 0 Å². The first-order valence-electron chi connectivity index (χ1n) is 9.50. The van der Waals surface area contributed by atoms with Crippen LogP contribution in [0.5, 0.6) is 5.75 Å². The number of hydrogen-bond donors (Lipinski definition) is 1. The van der Waals surface area contributed by atoms with Gasteiger partial charge in [0.1, 0.15) is 5.75 Å². The molecule has 164 valence electrons. The molecule has 0 spiro atoms. The summed E-state index contributed by atoms with van der Waals surface area (Å²) in [4.78, 5) is 14.9. The van der Waals surface area contributed by atoms with Crippen molar-refractivity contribution in [1.29, 1.82) is 0 Å². The van der Waals surface area contributed by atoms with Crippen molar-refractivity contribution in [2.24, 2.45) is 0 Å². The van der Waals surface area contributed by atoms with Gasteiger partial charge in [-0.25, -0.2) is 0 Å². The zero-order valence-electron chi connectivity index (χ0n) is 17.3. The Kier molecular flexibility index (Phi) is 7.79. The number of carbonyl (C=O) groups excluding carboxylic acids is 1. The lowest BCUT2D eigenvalue weighted by atomic mass is 9.90. The maximum atomic E-state index is 13.4. The van der Waals surface area contributed by atoms with Gasteiger partial charge < -0.3 is 14.7 Å². The molecule has 0 bridgehead atoms. The van der Waals surface area contributed by atoms with Crippen LogP contribution in [-0.2, 0) is 5.60 Å². The molecule has 0 aliphatic carbocycles. The third-order valence-corrected chi connectivity index (χ3v) is 5.98. The van der Waals surface area contributed by atoms with E-state index in [1.165, 1.54) is 31.1 Å². The van der Waals surface area contributed by atoms with Crippen LogP contribution in [0.3, 0.4) is 0 Å². The minimum Gasteiger partial charge on any atom is -0.494 e. The largest absolute Gasteiger partial charge is 0.494 e. The number of carbonyl (C=O) groups is 1. The highest BCUT2D eigenvalue weighted by molar-refractivity contribution is 14.1. The number of benzene rings is 2. The molecule has 0 aliphatic rings. The number of halogens is 4. The van der Waals surface area contributed by atoms with Crippen molar-refractivity contribution < 1.29 is 27.8 Å². The molecule has 0 fully saturated rings. The Hall–Kier alpha value is -1.81. The summed E-state index contributed by atoms with van der Waals surface area (Å²) < 4.78 is 46.4. The fourth-order valence-electron chi connectivity index (χ4n) is 3.26. The smallest absolute Gasteiger partial charge is 0.421 e. The number of ether oxygens (including phenoxy) is 1. The Bertz CT molecular complexity index is 913. The van der Waals surface area contributed by atoms with Crippen molar-refractivity contribution in [3.8, 4) is 5.75 Å². The van der Waals surface area contributed by atoms with Gasteiger partial charge in [-0.1, -0.05) is 31.5 Å². The predicted molar refractivity (Wildman–Crippen MR) is 119 cm³/mol. The van der Waals surface area contributed by atoms with Crippen molar-refractivity contribution in [1.82, 2.24) is 0 Å². The Labute approximate surface area is 188 Å². The molecule has 1 N–H and O–H groups in total. The molecule has 30 heavy (non-hydrogen) atoms. The lowest BCUT2D eigenvalue weighted by Crippen LogP contribution is -2.40. The summed E-state index contributed by atoms with van der Waals surface area (Å²) in [5.74, 6) is -0.131. The minimum atomic E-state index is -4.86. The molecule has 0 saturated carbocycles. The number of amides is 1. The van der Waals surface area contributed by atoms with Gasteiger partial charge in [-0.15, -0.1) is 0 Å². The van der Waals surface area contributed by atoms with Crippen LogP contribution in [0.4, 0.5) is 18.9 Å². The van der Waals surface area contributed by atoms with Crippen LogP contribution < -0.4 is 9.64 Å². The molecular weight excluding hydrogens is 510 g/mol. The number of rotatable bonds is 7. The van der Waals surface area contributed by atoms with Crippen molar-refractivity contribution in [3.05, 3.63) is 56.7 Å². The summed E-state index contributed by atoms with van der Waals surface area (Å²) in [6.07, 6.45) is -3.32. The highest BCUT2D eigenvalue weighted by atomic mass is 127. The number of anilines is 1. The molecule has 0 saturated heterocycles. The average molecular weight is 535 g/mol. The maximum absolute atomic E-state index is 13.4. The number of hydrogen-bond acceptors (Lipinski definition) is 3. The van der Waals surface area contributed by atoms with E-state index in [1.54, 1.807) is 12.1 Å². The first-order chi connectivity index (χ1) is 14.0. The Morgan fingerprint density at radius 3 is 2.37 bits per heavy atom. The molecule has 1 unspecified atom stereocenters. The summed E-state index contributed by atoms with van der Waals surface area (Å²) in [5, 5.41) is 10.2. The summed E-state index contributed by atoms with van der Waals surface area (Å²) in [6.45, 7) is 4.53. The zero-order valence-corrected chi connectivity index (χ0v) is 19.5. The van der Waals surface area contributed by atoms with Crippen LogP contribution in [0.25, 0.3) is 0 Å². The van der Waals surface area contributed by atoms with E-state index in [0.29, 0.717) is 31.1 Å². The molecule has 4 nitrogen and oxygen atoms in total. The van der Waals surface area contributed by atoms with Gasteiger partial charge in [0.25, 0.3) is 5.91 Å².